The molecule has 1 rings (SSSR count). The molecule has 1 aromatic rings. The summed E-state index contributed by atoms with van der Waals surface area (Å²) in [5.41, 5.74) is 2.57. The molecular weight excluding hydrogens is 146 g/mol. The Morgan fingerprint density at radius 2 is 2.00 bits per heavy atom. The van der Waals surface area contributed by atoms with Gasteiger partial charge in [-0.25, -0.2) is 0 Å². The largest absolute Gasteiger partial charge is 0.382 e. The lowest BCUT2D eigenvalue weighted by Gasteiger charge is -2.14. The number of anilines is 1. The smallest absolute Gasteiger partial charge is 0.0371 e. The Balaban J connectivity index is 2.69. The van der Waals surface area contributed by atoms with Gasteiger partial charge in [0.05, 0.1) is 0 Å². The molecule has 0 radical (unpaired) electrons. The molecule has 0 unspecified atom stereocenters. The number of benzene rings is 1. The van der Waals surface area contributed by atoms with E-state index in [9.17, 15) is 0 Å². The summed E-state index contributed by atoms with van der Waals surface area (Å²) in [7, 11) is 0. The lowest BCUT2D eigenvalue weighted by Crippen LogP contribution is -2.13. The Bertz CT molecular complexity index is 243. The Labute approximate surface area is 74.8 Å². The Morgan fingerprint density at radius 1 is 1.33 bits per heavy atom. The fraction of sp³-hybridized carbons (Fsp3) is 0.455. The van der Waals surface area contributed by atoms with E-state index in [1.807, 2.05) is 0 Å². The normalized spacial score (nSPS) is 12.6. The second kappa shape index (κ2) is 4.15. The van der Waals surface area contributed by atoms with Crippen LogP contribution in [0.2, 0.25) is 0 Å². The fourth-order valence-electron chi connectivity index (χ4n) is 1.10. The van der Waals surface area contributed by atoms with Crippen LogP contribution in [0, 0.1) is 6.92 Å². The first-order valence-corrected chi connectivity index (χ1v) is 4.56. The van der Waals surface area contributed by atoms with Gasteiger partial charge in [0.2, 0.25) is 0 Å². The first-order valence-electron chi connectivity index (χ1n) is 4.56. The summed E-state index contributed by atoms with van der Waals surface area (Å²) in [6.07, 6.45) is 1.16. The van der Waals surface area contributed by atoms with E-state index in [-0.39, 0.29) is 0 Å². The number of para-hydroxylation sites is 1. The van der Waals surface area contributed by atoms with Crippen LogP contribution in [0.4, 0.5) is 5.69 Å². The van der Waals surface area contributed by atoms with Gasteiger partial charge in [-0.15, -0.1) is 0 Å². The first-order chi connectivity index (χ1) is 5.74. The molecule has 0 spiro atoms. The summed E-state index contributed by atoms with van der Waals surface area (Å²) in [5, 5.41) is 3.46. The van der Waals surface area contributed by atoms with E-state index in [1.165, 1.54) is 11.3 Å². The third-order valence-electron chi connectivity index (χ3n) is 2.16. The Morgan fingerprint density at radius 3 is 2.58 bits per heavy atom. The maximum atomic E-state index is 3.46. The van der Waals surface area contributed by atoms with Crippen LogP contribution < -0.4 is 5.32 Å². The summed E-state index contributed by atoms with van der Waals surface area (Å²) >= 11 is 0. The molecule has 1 heteroatoms. The standard InChI is InChI=1S/C11H17N/c1-4-10(3)12-11-8-6-5-7-9(11)2/h5-8,10,12H,4H2,1-3H3/t10-/m1/s1. The van der Waals surface area contributed by atoms with Crippen LogP contribution in [-0.4, -0.2) is 6.04 Å². The maximum absolute atomic E-state index is 3.46. The van der Waals surface area contributed by atoms with Gasteiger partial charge in [-0.05, 0) is 31.9 Å². The topological polar surface area (TPSA) is 12.0 Å². The molecule has 0 amide bonds. The monoisotopic (exact) mass is 163 g/mol. The number of hydrogen-bond acceptors (Lipinski definition) is 1. The molecule has 0 bridgehead atoms. The van der Waals surface area contributed by atoms with Crippen LogP contribution in [0.3, 0.4) is 0 Å². The molecule has 0 aliphatic carbocycles. The highest BCUT2D eigenvalue weighted by Crippen LogP contribution is 2.14. The lowest BCUT2D eigenvalue weighted by molar-refractivity contribution is 0.763. The molecule has 1 atom stereocenters. The number of rotatable bonds is 3. The third-order valence-corrected chi connectivity index (χ3v) is 2.16. The quantitative estimate of drug-likeness (QED) is 0.721. The van der Waals surface area contributed by atoms with E-state index in [0.29, 0.717) is 6.04 Å². The van der Waals surface area contributed by atoms with Gasteiger partial charge < -0.3 is 5.32 Å². The second-order valence-corrected chi connectivity index (χ2v) is 3.27. The van der Waals surface area contributed by atoms with Crippen molar-refractivity contribution >= 4 is 5.69 Å². The van der Waals surface area contributed by atoms with E-state index >= 15 is 0 Å². The van der Waals surface area contributed by atoms with Gasteiger partial charge in [0, 0.05) is 11.7 Å². The molecule has 0 fully saturated rings. The van der Waals surface area contributed by atoms with E-state index in [1.54, 1.807) is 0 Å². The lowest BCUT2D eigenvalue weighted by atomic mass is 10.1. The van der Waals surface area contributed by atoms with E-state index < -0.39 is 0 Å². The molecule has 0 aromatic heterocycles. The maximum Gasteiger partial charge on any atom is 0.0371 e. The molecule has 0 aliphatic rings. The van der Waals surface area contributed by atoms with E-state index in [2.05, 4.69) is 50.4 Å². The van der Waals surface area contributed by atoms with Gasteiger partial charge in [-0.1, -0.05) is 25.1 Å². The Hall–Kier alpha value is -0.980. The molecule has 0 saturated heterocycles. The summed E-state index contributed by atoms with van der Waals surface area (Å²) in [4.78, 5) is 0. The second-order valence-electron chi connectivity index (χ2n) is 3.27. The van der Waals surface area contributed by atoms with Gasteiger partial charge in [0.25, 0.3) is 0 Å². The van der Waals surface area contributed by atoms with Crippen molar-refractivity contribution in [2.75, 3.05) is 5.32 Å². The van der Waals surface area contributed by atoms with Crippen LogP contribution in [-0.2, 0) is 0 Å². The summed E-state index contributed by atoms with van der Waals surface area (Å²) < 4.78 is 0. The minimum Gasteiger partial charge on any atom is -0.382 e. The van der Waals surface area contributed by atoms with Gasteiger partial charge in [0.15, 0.2) is 0 Å². The van der Waals surface area contributed by atoms with Crippen LogP contribution in [0.5, 0.6) is 0 Å². The van der Waals surface area contributed by atoms with Gasteiger partial charge in [-0.2, -0.15) is 0 Å². The highest BCUT2D eigenvalue weighted by Gasteiger charge is 1.99. The summed E-state index contributed by atoms with van der Waals surface area (Å²) in [6, 6.07) is 8.95. The van der Waals surface area contributed by atoms with Gasteiger partial charge in [-0.3, -0.25) is 0 Å². The predicted octanol–water partition coefficient (Wildman–Crippen LogP) is 3.21. The van der Waals surface area contributed by atoms with Crippen molar-refractivity contribution < 1.29 is 0 Å². The van der Waals surface area contributed by atoms with Crippen LogP contribution in [0.1, 0.15) is 25.8 Å². The fourth-order valence-corrected chi connectivity index (χ4v) is 1.10. The average Bonchev–Trinajstić information content (AvgIpc) is 2.09. The highest BCUT2D eigenvalue weighted by molar-refractivity contribution is 5.50. The van der Waals surface area contributed by atoms with Gasteiger partial charge in [0.1, 0.15) is 0 Å². The number of nitrogens with one attached hydrogen (secondary N) is 1. The third kappa shape index (κ3) is 2.26. The number of hydrogen-bond donors (Lipinski definition) is 1. The van der Waals surface area contributed by atoms with E-state index in [4.69, 9.17) is 0 Å². The first kappa shape index (κ1) is 9.11. The minimum absolute atomic E-state index is 0.561. The zero-order valence-corrected chi connectivity index (χ0v) is 8.09. The highest BCUT2D eigenvalue weighted by atomic mass is 14.9. The summed E-state index contributed by atoms with van der Waals surface area (Å²) in [6.45, 7) is 6.52. The average molecular weight is 163 g/mol. The molecule has 1 N–H and O–H groups in total. The molecule has 66 valence electrons. The minimum atomic E-state index is 0.561. The molecular formula is C11H17N. The van der Waals surface area contributed by atoms with Crippen molar-refractivity contribution in [2.45, 2.75) is 33.2 Å². The van der Waals surface area contributed by atoms with Crippen LogP contribution in [0.25, 0.3) is 0 Å². The van der Waals surface area contributed by atoms with Crippen LogP contribution in [0.15, 0.2) is 24.3 Å². The molecule has 1 aromatic carbocycles. The summed E-state index contributed by atoms with van der Waals surface area (Å²) in [5.74, 6) is 0. The van der Waals surface area contributed by atoms with Crippen molar-refractivity contribution in [1.29, 1.82) is 0 Å². The van der Waals surface area contributed by atoms with Crippen molar-refractivity contribution in [1.82, 2.24) is 0 Å². The van der Waals surface area contributed by atoms with Gasteiger partial charge >= 0.3 is 0 Å². The van der Waals surface area contributed by atoms with Crippen LogP contribution >= 0.6 is 0 Å². The van der Waals surface area contributed by atoms with Crippen molar-refractivity contribution in [3.05, 3.63) is 29.8 Å². The molecule has 0 aliphatic heterocycles. The molecule has 1 nitrogen and oxygen atoms in total. The SMILES string of the molecule is CC[C@@H](C)Nc1ccccc1C. The Kier molecular flexibility index (Phi) is 3.15. The predicted molar refractivity (Wildman–Crippen MR) is 54.6 cm³/mol. The number of aryl methyl sites for hydroxylation is 1. The van der Waals surface area contributed by atoms with E-state index in [0.717, 1.165) is 6.42 Å². The molecule has 0 heterocycles. The van der Waals surface area contributed by atoms with Crippen molar-refractivity contribution in [3.8, 4) is 0 Å². The van der Waals surface area contributed by atoms with Crippen molar-refractivity contribution in [3.63, 3.8) is 0 Å². The van der Waals surface area contributed by atoms with Crippen molar-refractivity contribution in [2.24, 2.45) is 0 Å². The zero-order chi connectivity index (χ0) is 8.97. The molecule has 0 saturated carbocycles. The zero-order valence-electron chi connectivity index (χ0n) is 8.09. The molecule has 12 heavy (non-hydrogen) atoms.